The van der Waals surface area contributed by atoms with E-state index in [1.807, 2.05) is 0 Å². The van der Waals surface area contributed by atoms with E-state index in [0.717, 1.165) is 0 Å². The number of carbonyl (C=O) groups is 1. The Hall–Kier alpha value is -1.42. The number of aryl methyl sites for hydroxylation is 1. The molecule has 0 radical (unpaired) electrons. The highest BCUT2D eigenvalue weighted by atomic mass is 19.1. The van der Waals surface area contributed by atoms with Crippen LogP contribution in [0.15, 0.2) is 18.2 Å². The Balaban J connectivity index is 2.11. The van der Waals surface area contributed by atoms with Crippen molar-refractivity contribution in [3.8, 4) is 0 Å². The number of hydrogen-bond donors (Lipinski definition) is 1. The van der Waals surface area contributed by atoms with Gasteiger partial charge in [0.15, 0.2) is 0 Å². The monoisotopic (exact) mass is 250 g/mol. The summed E-state index contributed by atoms with van der Waals surface area (Å²) >= 11 is 0. The Labute approximate surface area is 107 Å². The van der Waals surface area contributed by atoms with Crippen molar-refractivity contribution in [2.45, 2.75) is 26.3 Å². The van der Waals surface area contributed by atoms with E-state index in [1.54, 1.807) is 17.9 Å². The molecule has 1 aromatic carbocycles. The number of likely N-dealkylation sites (tertiary alicyclic amines) is 1. The second-order valence-corrected chi connectivity index (χ2v) is 5.51. The Bertz CT molecular complexity index is 479. The zero-order chi connectivity index (χ0) is 13.5. The van der Waals surface area contributed by atoms with Gasteiger partial charge in [0.2, 0.25) is 0 Å². The van der Waals surface area contributed by atoms with Crippen LogP contribution < -0.4 is 5.73 Å². The average Bonchev–Trinajstić information content (AvgIpc) is 2.23. The summed E-state index contributed by atoms with van der Waals surface area (Å²) in [5.41, 5.74) is 7.11. The minimum Gasteiger partial charge on any atom is -0.335 e. The first-order chi connectivity index (χ1) is 8.33. The van der Waals surface area contributed by atoms with Crippen LogP contribution in [0, 0.1) is 18.7 Å². The molecule has 1 aliphatic heterocycles. The summed E-state index contributed by atoms with van der Waals surface area (Å²) in [7, 11) is 0. The predicted octanol–water partition coefficient (Wildman–Crippen LogP) is 1.94. The van der Waals surface area contributed by atoms with Gasteiger partial charge in [0, 0.05) is 18.7 Å². The van der Waals surface area contributed by atoms with Gasteiger partial charge in [0.25, 0.3) is 5.91 Å². The van der Waals surface area contributed by atoms with Gasteiger partial charge in [-0.25, -0.2) is 4.39 Å². The van der Waals surface area contributed by atoms with Crippen molar-refractivity contribution in [3.05, 3.63) is 35.1 Å². The van der Waals surface area contributed by atoms with Crippen LogP contribution in [0.1, 0.15) is 29.8 Å². The van der Waals surface area contributed by atoms with E-state index in [9.17, 15) is 9.18 Å². The number of amides is 1. The van der Waals surface area contributed by atoms with Crippen molar-refractivity contribution in [1.82, 2.24) is 4.90 Å². The first kappa shape index (κ1) is 13.0. The van der Waals surface area contributed by atoms with Gasteiger partial charge in [-0.05, 0) is 36.6 Å². The molecular weight excluding hydrogens is 231 g/mol. The molecule has 1 aromatic rings. The third-order valence-corrected chi connectivity index (χ3v) is 3.83. The lowest BCUT2D eigenvalue weighted by molar-refractivity contribution is 0.0274. The minimum atomic E-state index is -0.317. The van der Waals surface area contributed by atoms with Crippen molar-refractivity contribution >= 4 is 5.91 Å². The summed E-state index contributed by atoms with van der Waals surface area (Å²) < 4.78 is 13.0. The first-order valence-electron chi connectivity index (χ1n) is 6.18. The molecule has 18 heavy (non-hydrogen) atoms. The predicted molar refractivity (Wildman–Crippen MR) is 68.8 cm³/mol. The molecule has 2 rings (SSSR count). The zero-order valence-electron chi connectivity index (χ0n) is 11.0. The molecule has 1 fully saturated rings. The van der Waals surface area contributed by atoms with Crippen molar-refractivity contribution < 1.29 is 9.18 Å². The van der Waals surface area contributed by atoms with Crippen LogP contribution >= 0.6 is 0 Å². The Morgan fingerprint density at radius 3 is 2.56 bits per heavy atom. The Morgan fingerprint density at radius 2 is 2.06 bits per heavy atom. The number of carbonyl (C=O) groups excluding carboxylic acids is 1. The summed E-state index contributed by atoms with van der Waals surface area (Å²) in [4.78, 5) is 13.9. The number of hydrogen-bond acceptors (Lipinski definition) is 2. The fourth-order valence-corrected chi connectivity index (χ4v) is 2.21. The molecule has 1 aliphatic rings. The zero-order valence-corrected chi connectivity index (χ0v) is 11.0. The largest absolute Gasteiger partial charge is 0.335 e. The number of rotatable bonds is 2. The van der Waals surface area contributed by atoms with E-state index >= 15 is 0 Å². The Morgan fingerprint density at radius 1 is 1.44 bits per heavy atom. The third-order valence-electron chi connectivity index (χ3n) is 3.83. The lowest BCUT2D eigenvalue weighted by Gasteiger charge is -2.50. The summed E-state index contributed by atoms with van der Waals surface area (Å²) in [5, 5.41) is 0. The number of nitrogens with zero attached hydrogens (tertiary/aromatic N) is 1. The highest BCUT2D eigenvalue weighted by Crippen LogP contribution is 2.28. The van der Waals surface area contributed by atoms with Gasteiger partial charge in [0.05, 0.1) is 5.54 Å². The van der Waals surface area contributed by atoms with Gasteiger partial charge in [-0.15, -0.1) is 0 Å². The normalized spacial score (nSPS) is 17.8. The minimum absolute atomic E-state index is 0.0609. The fraction of sp³-hybridized carbons (Fsp3) is 0.500. The van der Waals surface area contributed by atoms with Crippen LogP contribution in [-0.2, 0) is 0 Å². The molecule has 1 amide bonds. The van der Waals surface area contributed by atoms with Crippen molar-refractivity contribution in [2.75, 3.05) is 13.1 Å². The van der Waals surface area contributed by atoms with Gasteiger partial charge < -0.3 is 10.6 Å². The maximum atomic E-state index is 13.0. The van der Waals surface area contributed by atoms with E-state index < -0.39 is 0 Å². The van der Waals surface area contributed by atoms with Gasteiger partial charge >= 0.3 is 0 Å². The second-order valence-electron chi connectivity index (χ2n) is 5.51. The molecule has 0 spiro atoms. The standard InChI is InChI=1S/C14H19FN2O/c1-9(2)14(16)7-17(8-14)13(18)12-5-4-11(15)6-10(12)3/h4-6,9H,7-8,16H2,1-3H3. The van der Waals surface area contributed by atoms with Crippen LogP contribution in [0.5, 0.6) is 0 Å². The van der Waals surface area contributed by atoms with Gasteiger partial charge in [-0.2, -0.15) is 0 Å². The third kappa shape index (κ3) is 2.12. The SMILES string of the molecule is Cc1cc(F)ccc1C(=O)N1CC(N)(C(C)C)C1. The molecule has 0 aromatic heterocycles. The van der Waals surface area contributed by atoms with E-state index in [4.69, 9.17) is 5.73 Å². The van der Waals surface area contributed by atoms with Gasteiger partial charge in [-0.1, -0.05) is 13.8 Å². The highest BCUT2D eigenvalue weighted by molar-refractivity contribution is 5.96. The van der Waals surface area contributed by atoms with Crippen molar-refractivity contribution in [1.29, 1.82) is 0 Å². The molecule has 1 heterocycles. The van der Waals surface area contributed by atoms with E-state index in [0.29, 0.717) is 30.1 Å². The topological polar surface area (TPSA) is 46.3 Å². The summed E-state index contributed by atoms with van der Waals surface area (Å²) in [6.07, 6.45) is 0. The van der Waals surface area contributed by atoms with E-state index in [2.05, 4.69) is 13.8 Å². The van der Waals surface area contributed by atoms with Crippen LogP contribution in [0.3, 0.4) is 0 Å². The summed E-state index contributed by atoms with van der Waals surface area (Å²) in [5.74, 6) is -0.0342. The molecule has 0 unspecified atom stereocenters. The van der Waals surface area contributed by atoms with Crippen molar-refractivity contribution in [3.63, 3.8) is 0 Å². The Kier molecular flexibility index (Phi) is 3.15. The quantitative estimate of drug-likeness (QED) is 0.872. The smallest absolute Gasteiger partial charge is 0.254 e. The van der Waals surface area contributed by atoms with E-state index in [-0.39, 0.29) is 17.3 Å². The lowest BCUT2D eigenvalue weighted by atomic mass is 9.80. The average molecular weight is 250 g/mol. The van der Waals surface area contributed by atoms with Crippen LogP contribution in [-0.4, -0.2) is 29.4 Å². The first-order valence-corrected chi connectivity index (χ1v) is 6.18. The van der Waals surface area contributed by atoms with E-state index in [1.165, 1.54) is 12.1 Å². The molecule has 0 saturated carbocycles. The summed E-state index contributed by atoms with van der Waals surface area (Å²) in [6.45, 7) is 7.00. The van der Waals surface area contributed by atoms with Crippen molar-refractivity contribution in [2.24, 2.45) is 11.7 Å². The number of benzene rings is 1. The molecule has 4 heteroatoms. The molecule has 2 N–H and O–H groups in total. The lowest BCUT2D eigenvalue weighted by Crippen LogP contribution is -2.71. The molecule has 0 bridgehead atoms. The fourth-order valence-electron chi connectivity index (χ4n) is 2.21. The molecule has 98 valence electrons. The maximum Gasteiger partial charge on any atom is 0.254 e. The molecule has 0 aliphatic carbocycles. The number of nitrogens with two attached hydrogens (primary N) is 1. The molecule has 1 saturated heterocycles. The number of halogens is 1. The highest BCUT2D eigenvalue weighted by Gasteiger charge is 2.44. The summed E-state index contributed by atoms with van der Waals surface area (Å²) in [6, 6.07) is 4.24. The molecule has 0 atom stereocenters. The van der Waals surface area contributed by atoms with Crippen LogP contribution in [0.2, 0.25) is 0 Å². The van der Waals surface area contributed by atoms with Gasteiger partial charge in [-0.3, -0.25) is 4.79 Å². The van der Waals surface area contributed by atoms with Crippen LogP contribution in [0.4, 0.5) is 4.39 Å². The molecular formula is C14H19FN2O. The maximum absolute atomic E-state index is 13.0. The van der Waals surface area contributed by atoms with Crippen LogP contribution in [0.25, 0.3) is 0 Å². The molecule has 3 nitrogen and oxygen atoms in total. The van der Waals surface area contributed by atoms with Gasteiger partial charge in [0.1, 0.15) is 5.82 Å². The second kappa shape index (κ2) is 4.35.